The van der Waals surface area contributed by atoms with Crippen LogP contribution in [0, 0.1) is 13.8 Å². The molecule has 1 atom stereocenters. The first-order valence-electron chi connectivity index (χ1n) is 6.97. The number of hydrogen-bond donors (Lipinski definition) is 0. The monoisotopic (exact) mass is 358 g/mol. The zero-order chi connectivity index (χ0) is 15.0. The smallest absolute Gasteiger partial charge is 0.0846 e. The number of alkyl halides is 1. The Balaban J connectivity index is 2.24. The average Bonchev–Trinajstić information content (AvgIpc) is 2.49. The third-order valence-electron chi connectivity index (χ3n) is 4.02. The summed E-state index contributed by atoms with van der Waals surface area (Å²) >= 11 is 10.5. The molecule has 0 radical (unpaired) electrons. The van der Waals surface area contributed by atoms with E-state index in [1.807, 2.05) is 6.07 Å². The molecule has 0 fully saturated rings. The van der Waals surface area contributed by atoms with E-state index in [2.05, 4.69) is 78.3 Å². The van der Waals surface area contributed by atoms with Gasteiger partial charge in [-0.2, -0.15) is 0 Å². The molecule has 3 aromatic rings. The van der Waals surface area contributed by atoms with Gasteiger partial charge >= 0.3 is 0 Å². The van der Waals surface area contributed by atoms with E-state index in [1.165, 1.54) is 27.5 Å². The summed E-state index contributed by atoms with van der Waals surface area (Å²) < 4.78 is 1.10. The molecule has 0 N–H and O–H groups in total. The Morgan fingerprint density at radius 1 is 0.905 bits per heavy atom. The SMILES string of the molecule is Cc1ccc2ccccc2c1C(Cl)c1cccc(Br)c1C. The zero-order valence-electron chi connectivity index (χ0n) is 12.0. The standard InChI is InChI=1S/C19H16BrCl/c1-12-10-11-14-6-3-4-7-16(14)18(12)19(21)15-8-5-9-17(20)13(15)2/h3-11,19H,1-2H3. The maximum absolute atomic E-state index is 6.87. The van der Waals surface area contributed by atoms with E-state index in [9.17, 15) is 0 Å². The number of aryl methyl sites for hydroxylation is 1. The van der Waals surface area contributed by atoms with Crippen LogP contribution in [0.4, 0.5) is 0 Å². The molecule has 3 rings (SSSR count). The average molecular weight is 360 g/mol. The molecular formula is C19H16BrCl. The zero-order valence-corrected chi connectivity index (χ0v) is 14.4. The molecule has 0 aliphatic carbocycles. The number of halogens is 2. The van der Waals surface area contributed by atoms with Crippen LogP contribution in [-0.2, 0) is 0 Å². The predicted molar refractivity (Wildman–Crippen MR) is 95.3 cm³/mol. The van der Waals surface area contributed by atoms with Gasteiger partial charge < -0.3 is 0 Å². The van der Waals surface area contributed by atoms with Crippen molar-refractivity contribution in [2.45, 2.75) is 19.2 Å². The van der Waals surface area contributed by atoms with Crippen molar-refractivity contribution in [3.8, 4) is 0 Å². The van der Waals surface area contributed by atoms with Crippen LogP contribution in [0.1, 0.15) is 27.6 Å². The van der Waals surface area contributed by atoms with Crippen LogP contribution in [0.25, 0.3) is 10.8 Å². The second-order valence-electron chi connectivity index (χ2n) is 5.33. The van der Waals surface area contributed by atoms with E-state index in [0.717, 1.165) is 10.0 Å². The fraction of sp³-hybridized carbons (Fsp3) is 0.158. The molecule has 0 aliphatic heterocycles. The number of benzene rings is 3. The molecule has 0 aromatic heterocycles. The van der Waals surface area contributed by atoms with Gasteiger partial charge in [0.25, 0.3) is 0 Å². The summed E-state index contributed by atoms with van der Waals surface area (Å²) in [5, 5.41) is 2.32. The normalized spacial score (nSPS) is 12.6. The van der Waals surface area contributed by atoms with Gasteiger partial charge in [-0.25, -0.2) is 0 Å². The van der Waals surface area contributed by atoms with Crippen LogP contribution < -0.4 is 0 Å². The Morgan fingerprint density at radius 2 is 1.67 bits per heavy atom. The van der Waals surface area contributed by atoms with Crippen LogP contribution in [0.15, 0.2) is 59.1 Å². The molecule has 0 aliphatic rings. The van der Waals surface area contributed by atoms with Crippen molar-refractivity contribution in [2.75, 3.05) is 0 Å². The quantitative estimate of drug-likeness (QED) is 0.455. The summed E-state index contributed by atoms with van der Waals surface area (Å²) in [4.78, 5) is 0. The lowest BCUT2D eigenvalue weighted by atomic mass is 9.92. The molecule has 0 saturated heterocycles. The molecule has 21 heavy (non-hydrogen) atoms. The molecule has 106 valence electrons. The molecule has 0 saturated carbocycles. The van der Waals surface area contributed by atoms with E-state index in [1.54, 1.807) is 0 Å². The van der Waals surface area contributed by atoms with Crippen molar-refractivity contribution in [3.63, 3.8) is 0 Å². The fourth-order valence-electron chi connectivity index (χ4n) is 2.80. The fourth-order valence-corrected chi connectivity index (χ4v) is 3.70. The lowest BCUT2D eigenvalue weighted by Gasteiger charge is -2.19. The van der Waals surface area contributed by atoms with E-state index in [0.29, 0.717) is 0 Å². The van der Waals surface area contributed by atoms with Crippen LogP contribution in [0.3, 0.4) is 0 Å². The van der Waals surface area contributed by atoms with Crippen molar-refractivity contribution in [3.05, 3.63) is 81.3 Å². The van der Waals surface area contributed by atoms with Crippen LogP contribution in [0.2, 0.25) is 0 Å². The molecule has 1 unspecified atom stereocenters. The molecule has 0 amide bonds. The Morgan fingerprint density at radius 3 is 2.48 bits per heavy atom. The van der Waals surface area contributed by atoms with Crippen molar-refractivity contribution in [1.82, 2.24) is 0 Å². The van der Waals surface area contributed by atoms with Gasteiger partial charge in [-0.05, 0) is 52.9 Å². The second kappa shape index (κ2) is 5.82. The van der Waals surface area contributed by atoms with Crippen molar-refractivity contribution in [2.24, 2.45) is 0 Å². The molecule has 2 heteroatoms. The van der Waals surface area contributed by atoms with E-state index < -0.39 is 0 Å². The first-order chi connectivity index (χ1) is 10.1. The molecule has 3 aromatic carbocycles. The summed E-state index contributed by atoms with van der Waals surface area (Å²) in [6.07, 6.45) is 0. The lowest BCUT2D eigenvalue weighted by Crippen LogP contribution is -2.00. The maximum Gasteiger partial charge on any atom is 0.0846 e. The third-order valence-corrected chi connectivity index (χ3v) is 5.34. The highest BCUT2D eigenvalue weighted by atomic mass is 79.9. The number of hydrogen-bond acceptors (Lipinski definition) is 0. The lowest BCUT2D eigenvalue weighted by molar-refractivity contribution is 1.10. The molecule has 0 nitrogen and oxygen atoms in total. The molecule has 0 spiro atoms. The third kappa shape index (κ3) is 2.61. The first-order valence-corrected chi connectivity index (χ1v) is 8.20. The Bertz CT molecular complexity index is 808. The Labute approximate surface area is 138 Å². The van der Waals surface area contributed by atoms with E-state index in [4.69, 9.17) is 11.6 Å². The highest BCUT2D eigenvalue weighted by Crippen LogP contribution is 2.38. The highest BCUT2D eigenvalue weighted by molar-refractivity contribution is 9.10. The van der Waals surface area contributed by atoms with Gasteiger partial charge in [-0.1, -0.05) is 64.5 Å². The van der Waals surface area contributed by atoms with Gasteiger partial charge in [0.2, 0.25) is 0 Å². The number of fused-ring (bicyclic) bond motifs is 1. The van der Waals surface area contributed by atoms with Gasteiger partial charge in [0, 0.05) is 4.47 Å². The van der Waals surface area contributed by atoms with E-state index in [-0.39, 0.29) is 5.38 Å². The Hall–Kier alpha value is -1.31. The summed E-state index contributed by atoms with van der Waals surface area (Å²) in [6.45, 7) is 4.24. The van der Waals surface area contributed by atoms with Crippen molar-refractivity contribution in [1.29, 1.82) is 0 Å². The summed E-state index contributed by atoms with van der Waals surface area (Å²) in [7, 11) is 0. The van der Waals surface area contributed by atoms with Gasteiger partial charge in [-0.15, -0.1) is 11.6 Å². The predicted octanol–water partition coefficient (Wildman–Crippen LogP) is 6.55. The van der Waals surface area contributed by atoms with Crippen molar-refractivity contribution < 1.29 is 0 Å². The molecule has 0 heterocycles. The minimum absolute atomic E-state index is 0.145. The van der Waals surface area contributed by atoms with Gasteiger partial charge in [0.1, 0.15) is 0 Å². The first kappa shape index (κ1) is 14.6. The topological polar surface area (TPSA) is 0 Å². The minimum atomic E-state index is -0.145. The summed E-state index contributed by atoms with van der Waals surface area (Å²) in [6, 6.07) is 18.9. The van der Waals surface area contributed by atoms with E-state index >= 15 is 0 Å². The maximum atomic E-state index is 6.87. The minimum Gasteiger partial charge on any atom is -0.113 e. The van der Waals surface area contributed by atoms with Gasteiger partial charge in [0.15, 0.2) is 0 Å². The van der Waals surface area contributed by atoms with Crippen LogP contribution in [0.5, 0.6) is 0 Å². The summed E-state index contributed by atoms with van der Waals surface area (Å²) in [5.41, 5.74) is 4.79. The molecular weight excluding hydrogens is 344 g/mol. The van der Waals surface area contributed by atoms with Crippen molar-refractivity contribution >= 4 is 38.3 Å². The van der Waals surface area contributed by atoms with Crippen LogP contribution >= 0.6 is 27.5 Å². The highest BCUT2D eigenvalue weighted by Gasteiger charge is 2.18. The van der Waals surface area contributed by atoms with Gasteiger partial charge in [0.05, 0.1) is 5.38 Å². The molecule has 0 bridgehead atoms. The largest absolute Gasteiger partial charge is 0.113 e. The Kier molecular flexibility index (Phi) is 4.05. The summed E-state index contributed by atoms with van der Waals surface area (Å²) in [5.74, 6) is 0. The van der Waals surface area contributed by atoms with Gasteiger partial charge in [-0.3, -0.25) is 0 Å². The second-order valence-corrected chi connectivity index (χ2v) is 6.62. The number of rotatable bonds is 2. The van der Waals surface area contributed by atoms with Crippen LogP contribution in [-0.4, -0.2) is 0 Å².